The molecule has 2 saturated heterocycles. The maximum Gasteiger partial charge on any atom is 0.243 e. The van der Waals surface area contributed by atoms with Gasteiger partial charge in [-0.25, -0.2) is 0 Å². The van der Waals surface area contributed by atoms with Gasteiger partial charge in [0.25, 0.3) is 0 Å². The lowest BCUT2D eigenvalue weighted by Crippen LogP contribution is -2.53. The van der Waals surface area contributed by atoms with E-state index in [1.165, 1.54) is 5.56 Å². The summed E-state index contributed by atoms with van der Waals surface area (Å²) < 4.78 is 0. The van der Waals surface area contributed by atoms with Crippen LogP contribution in [0, 0.1) is 17.2 Å². The number of hydrogen-bond donors (Lipinski definition) is 2. The average molecular weight is 538 g/mol. The van der Waals surface area contributed by atoms with Gasteiger partial charge in [-0.2, -0.15) is 5.26 Å². The third kappa shape index (κ3) is 7.35. The lowest BCUT2D eigenvalue weighted by atomic mass is 9.99. The van der Waals surface area contributed by atoms with Crippen LogP contribution in [-0.4, -0.2) is 58.9 Å². The van der Waals surface area contributed by atoms with E-state index in [1.54, 1.807) is 12.1 Å². The summed E-state index contributed by atoms with van der Waals surface area (Å²) in [6, 6.07) is 19.2. The van der Waals surface area contributed by atoms with E-state index >= 15 is 0 Å². The predicted octanol–water partition coefficient (Wildman–Crippen LogP) is 3.65. The Labute approximate surface area is 232 Å². The number of aryl methyl sites for hydroxylation is 1. The third-order valence-corrected chi connectivity index (χ3v) is 7.64. The molecule has 2 fully saturated rings. The van der Waals surface area contributed by atoms with Crippen molar-refractivity contribution >= 4 is 24.2 Å². The molecule has 7 nitrogen and oxygen atoms in total. The fourth-order valence-electron chi connectivity index (χ4n) is 5.72. The zero-order chi connectivity index (χ0) is 26.4. The minimum atomic E-state index is -0.516. The molecule has 2 aliphatic rings. The quantitative estimate of drug-likeness (QED) is 0.508. The number of amides is 2. The Morgan fingerprint density at radius 3 is 2.50 bits per heavy atom. The van der Waals surface area contributed by atoms with Gasteiger partial charge < -0.3 is 16.0 Å². The summed E-state index contributed by atoms with van der Waals surface area (Å²) in [6.07, 6.45) is 4.00. The van der Waals surface area contributed by atoms with Gasteiger partial charge in [-0.15, -0.1) is 12.4 Å². The first-order valence-corrected chi connectivity index (χ1v) is 13.5. The molecule has 8 heteroatoms. The fraction of sp³-hybridized carbons (Fsp3) is 0.500. The van der Waals surface area contributed by atoms with Gasteiger partial charge in [0.2, 0.25) is 11.8 Å². The lowest BCUT2D eigenvalue weighted by Gasteiger charge is -2.33. The molecule has 0 bridgehead atoms. The van der Waals surface area contributed by atoms with Crippen LogP contribution in [-0.2, 0) is 22.6 Å². The SMILES string of the molecule is CC(C)C[C@H](C(=O)NCc1ccc(C#N)cc1)N1CCC(CCc2ccccc2)N2C[C@H](N)C[C@H]2C1=O.Cl. The zero-order valence-corrected chi connectivity index (χ0v) is 23.2. The van der Waals surface area contributed by atoms with Gasteiger partial charge in [-0.1, -0.05) is 56.3 Å². The maximum absolute atomic E-state index is 13.9. The van der Waals surface area contributed by atoms with Crippen molar-refractivity contribution in [1.82, 2.24) is 15.1 Å². The number of fused-ring (bicyclic) bond motifs is 1. The molecular formula is C30H40ClN5O2. The second-order valence-corrected chi connectivity index (χ2v) is 10.9. The number of nitrogens with two attached hydrogens (primary N) is 1. The molecule has 0 aromatic heterocycles. The molecule has 2 aliphatic heterocycles. The number of nitriles is 1. The molecule has 38 heavy (non-hydrogen) atoms. The highest BCUT2D eigenvalue weighted by molar-refractivity contribution is 5.90. The Hall–Kier alpha value is -2.92. The van der Waals surface area contributed by atoms with Gasteiger partial charge in [-0.05, 0) is 61.3 Å². The van der Waals surface area contributed by atoms with Crippen molar-refractivity contribution in [1.29, 1.82) is 5.26 Å². The number of carbonyl (C=O) groups is 2. The highest BCUT2D eigenvalue weighted by Crippen LogP contribution is 2.30. The van der Waals surface area contributed by atoms with E-state index in [2.05, 4.69) is 54.4 Å². The Balaban J connectivity index is 0.00000400. The summed E-state index contributed by atoms with van der Waals surface area (Å²) in [5.41, 5.74) is 9.17. The van der Waals surface area contributed by atoms with Gasteiger partial charge in [0, 0.05) is 31.7 Å². The molecule has 1 unspecified atom stereocenters. The van der Waals surface area contributed by atoms with Crippen molar-refractivity contribution in [2.75, 3.05) is 13.1 Å². The first kappa shape index (κ1) is 29.6. The number of rotatable bonds is 9. The summed E-state index contributed by atoms with van der Waals surface area (Å²) >= 11 is 0. The second kappa shape index (κ2) is 13.7. The first-order chi connectivity index (χ1) is 17.9. The summed E-state index contributed by atoms with van der Waals surface area (Å²) in [5.74, 6) is 0.176. The van der Waals surface area contributed by atoms with Crippen molar-refractivity contribution in [2.45, 2.75) is 76.7 Å². The minimum absolute atomic E-state index is 0. The Morgan fingerprint density at radius 2 is 1.84 bits per heavy atom. The molecule has 0 aliphatic carbocycles. The molecular weight excluding hydrogens is 498 g/mol. The first-order valence-electron chi connectivity index (χ1n) is 13.5. The van der Waals surface area contributed by atoms with Gasteiger partial charge in [0.05, 0.1) is 17.7 Å². The van der Waals surface area contributed by atoms with E-state index < -0.39 is 6.04 Å². The third-order valence-electron chi connectivity index (χ3n) is 7.64. The number of carbonyl (C=O) groups excluding carboxylic acids is 2. The smallest absolute Gasteiger partial charge is 0.243 e. The minimum Gasteiger partial charge on any atom is -0.350 e. The van der Waals surface area contributed by atoms with Crippen LogP contribution < -0.4 is 11.1 Å². The molecule has 204 valence electrons. The standard InChI is InChI=1S/C30H39N5O2.ClH/c1-21(2)16-27(29(36)33-19-24-10-8-23(18-31)9-11-24)34-15-14-26(13-12-22-6-4-3-5-7-22)35-20-25(32)17-28(35)30(34)37;/h3-11,21,25-28H,12-17,19-20,32H2,1-2H3,(H,33,36);1H/t25-,26?,27-,28+;/m1./s1. The van der Waals surface area contributed by atoms with Crippen molar-refractivity contribution in [3.63, 3.8) is 0 Å². The van der Waals surface area contributed by atoms with Crippen LogP contribution in [0.15, 0.2) is 54.6 Å². The summed E-state index contributed by atoms with van der Waals surface area (Å²) in [5, 5.41) is 12.1. The predicted molar refractivity (Wildman–Crippen MR) is 151 cm³/mol. The van der Waals surface area contributed by atoms with Crippen LogP contribution in [0.5, 0.6) is 0 Å². The van der Waals surface area contributed by atoms with E-state index in [9.17, 15) is 9.59 Å². The molecule has 0 saturated carbocycles. The van der Waals surface area contributed by atoms with Crippen LogP contribution in [0.25, 0.3) is 0 Å². The van der Waals surface area contributed by atoms with Gasteiger partial charge in [0.15, 0.2) is 0 Å². The lowest BCUT2D eigenvalue weighted by molar-refractivity contribution is -0.143. The number of nitrogens with zero attached hydrogens (tertiary/aromatic N) is 3. The van der Waals surface area contributed by atoms with E-state index in [0.717, 1.165) is 31.4 Å². The Kier molecular flexibility index (Phi) is 10.7. The number of nitrogens with one attached hydrogen (secondary N) is 1. The molecule has 0 radical (unpaired) electrons. The Morgan fingerprint density at radius 1 is 1.13 bits per heavy atom. The molecule has 2 heterocycles. The van der Waals surface area contributed by atoms with Crippen LogP contribution in [0.3, 0.4) is 0 Å². The maximum atomic E-state index is 13.9. The van der Waals surface area contributed by atoms with E-state index in [1.807, 2.05) is 23.1 Å². The highest BCUT2D eigenvalue weighted by Gasteiger charge is 2.45. The molecule has 4 rings (SSSR count). The molecule has 2 amide bonds. The Bertz CT molecular complexity index is 1100. The highest BCUT2D eigenvalue weighted by atomic mass is 35.5. The fourth-order valence-corrected chi connectivity index (χ4v) is 5.72. The number of benzene rings is 2. The second-order valence-electron chi connectivity index (χ2n) is 10.9. The summed E-state index contributed by atoms with van der Waals surface area (Å²) in [4.78, 5) is 31.5. The monoisotopic (exact) mass is 537 g/mol. The van der Waals surface area contributed by atoms with Crippen molar-refractivity contribution in [3.05, 3.63) is 71.3 Å². The van der Waals surface area contributed by atoms with E-state index in [-0.39, 0.29) is 48.3 Å². The van der Waals surface area contributed by atoms with Crippen LogP contribution in [0.2, 0.25) is 0 Å². The largest absolute Gasteiger partial charge is 0.350 e. The van der Waals surface area contributed by atoms with Crippen LogP contribution >= 0.6 is 12.4 Å². The van der Waals surface area contributed by atoms with Crippen molar-refractivity contribution in [3.8, 4) is 6.07 Å². The topological polar surface area (TPSA) is 102 Å². The molecule has 4 atom stereocenters. The van der Waals surface area contributed by atoms with Gasteiger partial charge >= 0.3 is 0 Å². The van der Waals surface area contributed by atoms with Crippen LogP contribution in [0.4, 0.5) is 0 Å². The summed E-state index contributed by atoms with van der Waals surface area (Å²) in [6.45, 7) is 5.83. The molecule has 0 spiro atoms. The average Bonchev–Trinajstić information content (AvgIpc) is 3.24. The van der Waals surface area contributed by atoms with Gasteiger partial charge in [-0.3, -0.25) is 14.5 Å². The van der Waals surface area contributed by atoms with E-state index in [0.29, 0.717) is 31.5 Å². The number of halogens is 1. The van der Waals surface area contributed by atoms with E-state index in [4.69, 9.17) is 11.0 Å². The van der Waals surface area contributed by atoms with Crippen LogP contribution in [0.1, 0.15) is 56.2 Å². The van der Waals surface area contributed by atoms with Crippen molar-refractivity contribution < 1.29 is 9.59 Å². The normalized spacial score (nSPS) is 22.2. The zero-order valence-electron chi connectivity index (χ0n) is 22.4. The summed E-state index contributed by atoms with van der Waals surface area (Å²) in [7, 11) is 0. The molecule has 2 aromatic rings. The number of hydrogen-bond acceptors (Lipinski definition) is 5. The molecule has 3 N–H and O–H groups in total. The van der Waals surface area contributed by atoms with Gasteiger partial charge in [0.1, 0.15) is 6.04 Å². The molecule has 2 aromatic carbocycles. The van der Waals surface area contributed by atoms with Crippen molar-refractivity contribution in [2.24, 2.45) is 11.7 Å².